The van der Waals surface area contributed by atoms with Crippen LogP contribution in [-0.2, 0) is 17.5 Å². The maximum Gasteiger partial charge on any atom is 0.418 e. The Labute approximate surface area is 123 Å². The second-order valence-corrected chi connectivity index (χ2v) is 4.49. The minimum Gasteiger partial charge on any atom is -0.378 e. The summed E-state index contributed by atoms with van der Waals surface area (Å²) in [6.45, 7) is 0.178. The van der Waals surface area contributed by atoms with Gasteiger partial charge in [0.15, 0.2) is 0 Å². The lowest BCUT2D eigenvalue weighted by Crippen LogP contribution is -2.10. The van der Waals surface area contributed by atoms with E-state index >= 15 is 0 Å². The Kier molecular flexibility index (Phi) is 4.64. The number of para-hydroxylation sites is 1. The largest absolute Gasteiger partial charge is 0.418 e. The lowest BCUT2D eigenvalue weighted by atomic mass is 10.1. The fourth-order valence-electron chi connectivity index (χ4n) is 1.70. The minimum absolute atomic E-state index is 0.0220. The van der Waals surface area contributed by atoms with Gasteiger partial charge >= 0.3 is 6.18 Å². The van der Waals surface area contributed by atoms with Crippen LogP contribution < -0.4 is 5.32 Å². The van der Waals surface area contributed by atoms with Crippen LogP contribution in [0.4, 0.5) is 24.8 Å². The highest BCUT2D eigenvalue weighted by atomic mass is 35.5. The molecule has 0 amide bonds. The second-order valence-electron chi connectivity index (χ2n) is 4.11. The van der Waals surface area contributed by atoms with Crippen LogP contribution >= 0.6 is 11.6 Å². The van der Waals surface area contributed by atoms with Crippen LogP contribution in [0.3, 0.4) is 0 Å². The third-order valence-electron chi connectivity index (χ3n) is 2.52. The number of nitrogens with one attached hydrogen (secondary N) is 1. The molecule has 2 rings (SSSR count). The normalized spacial score (nSPS) is 11.5. The number of benzene rings is 1. The summed E-state index contributed by atoms with van der Waals surface area (Å²) in [5.74, 6) is -0.0220. The fourth-order valence-corrected chi connectivity index (χ4v) is 1.91. The van der Waals surface area contributed by atoms with Gasteiger partial charge in [0.25, 0.3) is 0 Å². The maximum absolute atomic E-state index is 12.9. The zero-order chi connectivity index (χ0) is 15.5. The van der Waals surface area contributed by atoms with Crippen LogP contribution in [0.5, 0.6) is 0 Å². The molecular weight excluding hydrogens is 307 g/mol. The Morgan fingerprint density at radius 2 is 1.95 bits per heavy atom. The number of aromatic nitrogens is 2. The molecule has 112 valence electrons. The van der Waals surface area contributed by atoms with Crippen molar-refractivity contribution in [2.75, 3.05) is 12.4 Å². The second kappa shape index (κ2) is 6.28. The van der Waals surface area contributed by atoms with Crippen LogP contribution in [0, 0.1) is 0 Å². The predicted octanol–water partition coefficient (Wildman–Crippen LogP) is 4.04. The zero-order valence-electron chi connectivity index (χ0n) is 10.9. The molecule has 0 saturated carbocycles. The van der Waals surface area contributed by atoms with E-state index in [1.807, 2.05) is 0 Å². The molecule has 1 aromatic heterocycles. The molecule has 0 bridgehead atoms. The van der Waals surface area contributed by atoms with Crippen molar-refractivity contribution in [3.8, 4) is 0 Å². The molecule has 0 spiro atoms. The predicted molar refractivity (Wildman–Crippen MR) is 72.5 cm³/mol. The molecule has 1 heterocycles. The van der Waals surface area contributed by atoms with Crippen LogP contribution in [0.1, 0.15) is 11.3 Å². The summed E-state index contributed by atoms with van der Waals surface area (Å²) in [5.41, 5.74) is -0.484. The number of hydrogen-bond donors (Lipinski definition) is 1. The average molecular weight is 318 g/mol. The molecule has 8 heteroatoms. The van der Waals surface area contributed by atoms with Crippen molar-refractivity contribution in [1.82, 2.24) is 9.97 Å². The van der Waals surface area contributed by atoms with Gasteiger partial charge in [-0.25, -0.2) is 9.97 Å². The molecule has 0 saturated heterocycles. The van der Waals surface area contributed by atoms with Crippen molar-refractivity contribution in [3.05, 3.63) is 46.7 Å². The third-order valence-corrected chi connectivity index (χ3v) is 2.71. The standard InChI is InChI=1S/C13H11ClF3N3O/c1-21-7-8-6-11(14)20-12(18-8)19-10-5-3-2-4-9(10)13(15,16)17/h2-6H,7H2,1H3,(H,18,19,20). The lowest BCUT2D eigenvalue weighted by molar-refractivity contribution is -0.136. The SMILES string of the molecule is COCc1cc(Cl)nc(Nc2ccccc2C(F)(F)F)n1. The van der Waals surface area contributed by atoms with E-state index in [1.165, 1.54) is 31.4 Å². The Bertz CT molecular complexity index is 634. The topological polar surface area (TPSA) is 47.0 Å². The van der Waals surface area contributed by atoms with Gasteiger partial charge in [-0.1, -0.05) is 23.7 Å². The summed E-state index contributed by atoms with van der Waals surface area (Å²) in [6.07, 6.45) is -4.47. The number of halogens is 4. The number of ether oxygens (including phenoxy) is 1. The van der Waals surface area contributed by atoms with E-state index in [1.54, 1.807) is 0 Å². The van der Waals surface area contributed by atoms with E-state index in [0.717, 1.165) is 6.07 Å². The van der Waals surface area contributed by atoms with E-state index in [2.05, 4.69) is 15.3 Å². The molecule has 1 N–H and O–H groups in total. The summed E-state index contributed by atoms with van der Waals surface area (Å²) >= 11 is 5.81. The van der Waals surface area contributed by atoms with E-state index in [9.17, 15) is 13.2 Å². The number of rotatable bonds is 4. The van der Waals surface area contributed by atoms with Crippen LogP contribution in [-0.4, -0.2) is 17.1 Å². The molecule has 21 heavy (non-hydrogen) atoms. The minimum atomic E-state index is -4.47. The van der Waals surface area contributed by atoms with E-state index in [4.69, 9.17) is 16.3 Å². The summed E-state index contributed by atoms with van der Waals surface area (Å²) in [4.78, 5) is 7.90. The Morgan fingerprint density at radius 1 is 1.24 bits per heavy atom. The van der Waals surface area contributed by atoms with Crippen molar-refractivity contribution in [2.24, 2.45) is 0 Å². The molecule has 0 radical (unpaired) electrons. The van der Waals surface area contributed by atoms with Gasteiger partial charge in [-0.3, -0.25) is 0 Å². The van der Waals surface area contributed by atoms with Gasteiger partial charge in [0.1, 0.15) is 5.15 Å². The molecule has 0 aliphatic heterocycles. The van der Waals surface area contributed by atoms with Crippen LogP contribution in [0.2, 0.25) is 5.15 Å². The number of alkyl halides is 3. The number of anilines is 2. The Morgan fingerprint density at radius 3 is 2.62 bits per heavy atom. The monoisotopic (exact) mass is 317 g/mol. The molecule has 0 unspecified atom stereocenters. The molecule has 0 aliphatic rings. The maximum atomic E-state index is 12.9. The highest BCUT2D eigenvalue weighted by Gasteiger charge is 2.33. The lowest BCUT2D eigenvalue weighted by Gasteiger charge is -2.13. The number of methoxy groups -OCH3 is 1. The third kappa shape index (κ3) is 4.05. The first-order valence-corrected chi connectivity index (χ1v) is 6.23. The van der Waals surface area contributed by atoms with Crippen LogP contribution in [0.15, 0.2) is 30.3 Å². The van der Waals surface area contributed by atoms with Gasteiger partial charge < -0.3 is 10.1 Å². The van der Waals surface area contributed by atoms with Gasteiger partial charge in [0.05, 0.1) is 23.6 Å². The first kappa shape index (κ1) is 15.5. The summed E-state index contributed by atoms with van der Waals surface area (Å²) in [6, 6.07) is 6.54. The van der Waals surface area contributed by atoms with Crippen molar-refractivity contribution in [1.29, 1.82) is 0 Å². The first-order valence-electron chi connectivity index (χ1n) is 5.86. The molecule has 1 aromatic carbocycles. The van der Waals surface area contributed by atoms with Crippen molar-refractivity contribution in [3.63, 3.8) is 0 Å². The first-order chi connectivity index (χ1) is 9.90. The van der Waals surface area contributed by atoms with Crippen molar-refractivity contribution < 1.29 is 17.9 Å². The van der Waals surface area contributed by atoms with Gasteiger partial charge in [-0.05, 0) is 18.2 Å². The van der Waals surface area contributed by atoms with E-state index < -0.39 is 11.7 Å². The van der Waals surface area contributed by atoms with E-state index in [-0.39, 0.29) is 23.4 Å². The quantitative estimate of drug-likeness (QED) is 0.865. The molecule has 0 atom stereocenters. The van der Waals surface area contributed by atoms with Crippen LogP contribution in [0.25, 0.3) is 0 Å². The molecule has 4 nitrogen and oxygen atoms in total. The molecule has 2 aromatic rings. The van der Waals surface area contributed by atoms with Gasteiger partial charge in [0, 0.05) is 7.11 Å². The summed E-state index contributed by atoms with van der Waals surface area (Å²) < 4.78 is 43.6. The van der Waals surface area contributed by atoms with Gasteiger partial charge in [0.2, 0.25) is 5.95 Å². The fraction of sp³-hybridized carbons (Fsp3) is 0.231. The Hall–Kier alpha value is -1.86. The van der Waals surface area contributed by atoms with Gasteiger partial charge in [-0.15, -0.1) is 0 Å². The Balaban J connectivity index is 2.35. The van der Waals surface area contributed by atoms with E-state index in [0.29, 0.717) is 5.69 Å². The highest BCUT2D eigenvalue weighted by molar-refractivity contribution is 6.29. The number of hydrogen-bond acceptors (Lipinski definition) is 4. The zero-order valence-corrected chi connectivity index (χ0v) is 11.7. The smallest absolute Gasteiger partial charge is 0.378 e. The van der Waals surface area contributed by atoms with Crippen molar-refractivity contribution >= 4 is 23.2 Å². The molecular formula is C13H11ClF3N3O. The molecule has 0 aliphatic carbocycles. The summed E-state index contributed by atoms with van der Waals surface area (Å²) in [7, 11) is 1.47. The average Bonchev–Trinajstić information content (AvgIpc) is 2.37. The highest BCUT2D eigenvalue weighted by Crippen LogP contribution is 2.35. The molecule has 0 fully saturated rings. The number of nitrogens with zero attached hydrogens (tertiary/aromatic N) is 2. The van der Waals surface area contributed by atoms with Gasteiger partial charge in [-0.2, -0.15) is 13.2 Å². The van der Waals surface area contributed by atoms with Crippen molar-refractivity contribution in [2.45, 2.75) is 12.8 Å². The summed E-state index contributed by atoms with van der Waals surface area (Å²) in [5, 5.41) is 2.65.